The molecule has 3 aliphatic rings. The second kappa shape index (κ2) is 10.6. The molecule has 7 heteroatoms. The van der Waals surface area contributed by atoms with Crippen LogP contribution >= 0.6 is 0 Å². The van der Waals surface area contributed by atoms with Crippen LogP contribution in [-0.4, -0.2) is 77.6 Å². The first kappa shape index (κ1) is 29.8. The topological polar surface area (TPSA) is 58.1 Å². The third-order valence-electron chi connectivity index (χ3n) is 9.21. The van der Waals surface area contributed by atoms with Crippen LogP contribution in [0, 0.1) is 0 Å². The number of fused-ring (bicyclic) bond motifs is 1. The van der Waals surface area contributed by atoms with Gasteiger partial charge in [0.05, 0.1) is 18.3 Å². The van der Waals surface area contributed by atoms with Crippen molar-refractivity contribution in [3.63, 3.8) is 0 Å². The third-order valence-corrected chi connectivity index (χ3v) is 9.21. The summed E-state index contributed by atoms with van der Waals surface area (Å²) in [5, 5.41) is 0. The number of ether oxygens (including phenoxy) is 2. The Morgan fingerprint density at radius 1 is 0.951 bits per heavy atom. The van der Waals surface area contributed by atoms with Crippen molar-refractivity contribution in [1.29, 1.82) is 0 Å². The molecule has 1 aromatic carbocycles. The van der Waals surface area contributed by atoms with Gasteiger partial charge in [0.15, 0.2) is 0 Å². The maximum Gasteiger partial charge on any atom is 0.412 e. The molecule has 7 nitrogen and oxygen atoms in total. The highest BCUT2D eigenvalue weighted by molar-refractivity contribution is 5.70. The SMILES string of the molecule is CC(C)(C)OC(=O)N1[C@H](CN2CCN(c3cccc(-c4ccc5c(c4)C(C)(C)CCC5(C)C)n3)CC2)COC1(C)C. The molecule has 0 bridgehead atoms. The molecule has 41 heavy (non-hydrogen) atoms. The summed E-state index contributed by atoms with van der Waals surface area (Å²) < 4.78 is 11.7. The molecular weight excluding hydrogens is 512 g/mol. The zero-order chi connectivity index (χ0) is 29.8. The molecule has 2 aromatic rings. The van der Waals surface area contributed by atoms with E-state index < -0.39 is 11.3 Å². The summed E-state index contributed by atoms with van der Waals surface area (Å²) in [4.78, 5) is 24.8. The molecule has 224 valence electrons. The average molecular weight is 563 g/mol. The molecule has 2 saturated heterocycles. The third kappa shape index (κ3) is 6.26. The van der Waals surface area contributed by atoms with Crippen molar-refractivity contribution >= 4 is 11.9 Å². The number of piperazine rings is 1. The van der Waals surface area contributed by atoms with Gasteiger partial charge in [-0.15, -0.1) is 0 Å². The van der Waals surface area contributed by atoms with E-state index in [1.54, 1.807) is 4.90 Å². The number of nitrogens with zero attached hydrogens (tertiary/aromatic N) is 4. The van der Waals surface area contributed by atoms with Gasteiger partial charge in [0.2, 0.25) is 0 Å². The minimum absolute atomic E-state index is 0.0360. The molecular formula is C34H50N4O3. The summed E-state index contributed by atoms with van der Waals surface area (Å²) in [6.07, 6.45) is 2.11. The number of carbonyl (C=O) groups excluding carboxylic acids is 1. The first-order chi connectivity index (χ1) is 19.1. The fourth-order valence-electron chi connectivity index (χ4n) is 6.66. The Labute approximate surface area is 247 Å². The lowest BCUT2D eigenvalue weighted by Crippen LogP contribution is -2.55. The number of hydrogen-bond donors (Lipinski definition) is 0. The molecule has 5 rings (SSSR count). The van der Waals surface area contributed by atoms with Crippen LogP contribution in [0.2, 0.25) is 0 Å². The smallest absolute Gasteiger partial charge is 0.412 e. The molecule has 1 amide bonds. The van der Waals surface area contributed by atoms with Crippen molar-refractivity contribution in [2.75, 3.05) is 44.2 Å². The van der Waals surface area contributed by atoms with E-state index in [9.17, 15) is 4.79 Å². The summed E-state index contributed by atoms with van der Waals surface area (Å²) in [5.74, 6) is 1.03. The minimum atomic E-state index is -0.680. The van der Waals surface area contributed by atoms with Crippen LogP contribution in [0.25, 0.3) is 11.3 Å². The lowest BCUT2D eigenvalue weighted by Gasteiger charge is -2.42. The molecule has 0 spiro atoms. The van der Waals surface area contributed by atoms with E-state index in [1.807, 2.05) is 34.6 Å². The van der Waals surface area contributed by atoms with E-state index in [0.717, 1.165) is 44.2 Å². The summed E-state index contributed by atoms with van der Waals surface area (Å²) in [7, 11) is 0. The highest BCUT2D eigenvalue weighted by atomic mass is 16.6. The van der Waals surface area contributed by atoms with Crippen LogP contribution < -0.4 is 4.90 Å². The molecule has 0 radical (unpaired) electrons. The number of anilines is 1. The van der Waals surface area contributed by atoms with Crippen LogP contribution in [0.5, 0.6) is 0 Å². The Kier molecular flexibility index (Phi) is 7.69. The Morgan fingerprint density at radius 3 is 2.27 bits per heavy atom. The van der Waals surface area contributed by atoms with E-state index in [-0.39, 0.29) is 23.0 Å². The predicted octanol–water partition coefficient (Wildman–Crippen LogP) is 6.59. The van der Waals surface area contributed by atoms with Gasteiger partial charge in [-0.25, -0.2) is 9.78 Å². The lowest BCUT2D eigenvalue weighted by atomic mass is 9.63. The van der Waals surface area contributed by atoms with Gasteiger partial charge in [-0.05, 0) is 87.6 Å². The summed E-state index contributed by atoms with van der Waals surface area (Å²) in [5.41, 5.74) is 4.33. The van der Waals surface area contributed by atoms with Crippen molar-refractivity contribution in [2.45, 2.75) is 103 Å². The van der Waals surface area contributed by atoms with Gasteiger partial charge >= 0.3 is 6.09 Å². The summed E-state index contributed by atoms with van der Waals surface area (Å²) in [6, 6.07) is 13.3. The second-order valence-corrected chi connectivity index (χ2v) is 15.0. The highest BCUT2D eigenvalue weighted by Gasteiger charge is 2.46. The Bertz CT molecular complexity index is 1270. The molecule has 2 aliphatic heterocycles. The number of pyridine rings is 1. The molecule has 1 aliphatic carbocycles. The van der Waals surface area contributed by atoms with Gasteiger partial charge in [-0.1, -0.05) is 45.9 Å². The largest absolute Gasteiger partial charge is 0.444 e. The van der Waals surface area contributed by atoms with E-state index in [4.69, 9.17) is 14.5 Å². The lowest BCUT2D eigenvalue weighted by molar-refractivity contribution is -0.0633. The van der Waals surface area contributed by atoms with E-state index in [0.29, 0.717) is 6.61 Å². The van der Waals surface area contributed by atoms with Gasteiger partial charge in [-0.3, -0.25) is 9.80 Å². The number of rotatable bonds is 4. The second-order valence-electron chi connectivity index (χ2n) is 15.0. The fourth-order valence-corrected chi connectivity index (χ4v) is 6.66. The van der Waals surface area contributed by atoms with Gasteiger partial charge in [0.1, 0.15) is 17.1 Å². The van der Waals surface area contributed by atoms with Crippen molar-refractivity contribution in [3.8, 4) is 11.3 Å². The van der Waals surface area contributed by atoms with Crippen molar-refractivity contribution in [3.05, 3.63) is 47.5 Å². The van der Waals surface area contributed by atoms with Crippen LogP contribution in [0.1, 0.15) is 86.3 Å². The number of hydrogen-bond acceptors (Lipinski definition) is 6. The molecule has 3 heterocycles. The van der Waals surface area contributed by atoms with Gasteiger partial charge in [-0.2, -0.15) is 0 Å². The predicted molar refractivity (Wildman–Crippen MR) is 166 cm³/mol. The zero-order valence-corrected chi connectivity index (χ0v) is 26.7. The zero-order valence-electron chi connectivity index (χ0n) is 26.7. The Morgan fingerprint density at radius 2 is 1.61 bits per heavy atom. The van der Waals surface area contributed by atoms with Crippen molar-refractivity contribution in [1.82, 2.24) is 14.8 Å². The molecule has 1 atom stereocenters. The standard InChI is InChI=1S/C34H50N4O3/c1-31(2,3)41-30(39)38-25(23-40-34(38,8)9)22-36-17-19-37(20-18-36)29-12-10-11-28(35-29)24-13-14-26-27(21-24)33(6,7)16-15-32(26,4)5/h10-14,21,25H,15-20,22-23H2,1-9H3/t25-/m1/s1. The maximum atomic E-state index is 13.0. The van der Waals surface area contributed by atoms with Crippen molar-refractivity contribution < 1.29 is 14.3 Å². The van der Waals surface area contributed by atoms with E-state index >= 15 is 0 Å². The molecule has 2 fully saturated rings. The van der Waals surface area contributed by atoms with Gasteiger partial charge < -0.3 is 14.4 Å². The molecule has 0 N–H and O–H groups in total. The molecule has 0 unspecified atom stereocenters. The average Bonchev–Trinajstić information content (AvgIpc) is 3.20. The molecule has 0 saturated carbocycles. The Balaban J connectivity index is 1.25. The normalized spacial score (nSPS) is 23.8. The molecule has 1 aromatic heterocycles. The minimum Gasteiger partial charge on any atom is -0.444 e. The van der Waals surface area contributed by atoms with Crippen molar-refractivity contribution in [2.24, 2.45) is 0 Å². The number of aromatic nitrogens is 1. The van der Waals surface area contributed by atoms with Crippen LogP contribution in [-0.2, 0) is 20.3 Å². The number of amides is 1. The fraction of sp³-hybridized carbons (Fsp3) is 0.647. The first-order valence-electron chi connectivity index (χ1n) is 15.3. The van der Waals surface area contributed by atoms with Gasteiger partial charge in [0, 0.05) is 38.3 Å². The van der Waals surface area contributed by atoms with E-state index in [2.05, 4.69) is 73.9 Å². The monoisotopic (exact) mass is 562 g/mol. The quantitative estimate of drug-likeness (QED) is 0.419. The van der Waals surface area contributed by atoms with Crippen LogP contribution in [0.3, 0.4) is 0 Å². The van der Waals surface area contributed by atoms with Gasteiger partial charge in [0.25, 0.3) is 0 Å². The van der Waals surface area contributed by atoms with Crippen LogP contribution in [0.4, 0.5) is 10.6 Å². The van der Waals surface area contributed by atoms with E-state index in [1.165, 1.54) is 29.5 Å². The highest BCUT2D eigenvalue weighted by Crippen LogP contribution is 2.46. The van der Waals surface area contributed by atoms with Crippen LogP contribution in [0.15, 0.2) is 36.4 Å². The number of carbonyl (C=O) groups is 1. The Hall–Kier alpha value is -2.64. The first-order valence-corrected chi connectivity index (χ1v) is 15.3. The summed E-state index contributed by atoms with van der Waals surface area (Å²) in [6.45, 7) is 24.0. The summed E-state index contributed by atoms with van der Waals surface area (Å²) >= 11 is 0. The number of benzene rings is 1. The maximum absolute atomic E-state index is 13.0.